The van der Waals surface area contributed by atoms with Crippen LogP contribution in [0.15, 0.2) is 42.6 Å². The Hall–Kier alpha value is -2.40. The third-order valence-electron chi connectivity index (χ3n) is 2.71. The lowest BCUT2D eigenvalue weighted by Crippen LogP contribution is -2.12. The summed E-state index contributed by atoms with van der Waals surface area (Å²) >= 11 is 0. The highest BCUT2D eigenvalue weighted by Gasteiger charge is 2.08. The van der Waals surface area contributed by atoms with Crippen LogP contribution in [0.5, 0.6) is 11.6 Å². The largest absolute Gasteiger partial charge is 0.478 e. The van der Waals surface area contributed by atoms with E-state index in [2.05, 4.69) is 10.3 Å². The van der Waals surface area contributed by atoms with Gasteiger partial charge >= 0.3 is 5.97 Å². The first-order valence-corrected chi connectivity index (χ1v) is 6.36. The fourth-order valence-electron chi connectivity index (χ4n) is 1.71. The van der Waals surface area contributed by atoms with Crippen LogP contribution < -0.4 is 10.1 Å². The first kappa shape index (κ1) is 14.0. The Morgan fingerprint density at radius 2 is 2.20 bits per heavy atom. The van der Waals surface area contributed by atoms with E-state index < -0.39 is 5.97 Å². The van der Waals surface area contributed by atoms with Gasteiger partial charge in [-0.05, 0) is 30.8 Å². The zero-order valence-electron chi connectivity index (χ0n) is 11.2. The summed E-state index contributed by atoms with van der Waals surface area (Å²) in [5.74, 6) is -0.0401. The van der Waals surface area contributed by atoms with E-state index in [-0.39, 0.29) is 5.56 Å². The van der Waals surface area contributed by atoms with Crippen molar-refractivity contribution < 1.29 is 14.6 Å². The second-order valence-electron chi connectivity index (χ2n) is 4.18. The second kappa shape index (κ2) is 6.68. The standard InChI is InChI=1S/C15H16N2O3/c1-2-16-10-12-6-4-8-17-14(12)20-13-7-3-5-11(9-13)15(18)19/h3-9,16H,2,10H2,1H3,(H,18,19). The molecule has 0 radical (unpaired) electrons. The quantitative estimate of drug-likeness (QED) is 0.846. The van der Waals surface area contributed by atoms with E-state index in [0.717, 1.165) is 12.1 Å². The molecule has 5 heteroatoms. The summed E-state index contributed by atoms with van der Waals surface area (Å²) < 4.78 is 5.68. The smallest absolute Gasteiger partial charge is 0.335 e. The number of aromatic nitrogens is 1. The first-order valence-electron chi connectivity index (χ1n) is 6.36. The van der Waals surface area contributed by atoms with E-state index in [1.807, 2.05) is 19.1 Å². The second-order valence-corrected chi connectivity index (χ2v) is 4.18. The molecule has 104 valence electrons. The van der Waals surface area contributed by atoms with Crippen LogP contribution in [0.3, 0.4) is 0 Å². The van der Waals surface area contributed by atoms with E-state index in [1.165, 1.54) is 12.1 Å². The van der Waals surface area contributed by atoms with E-state index >= 15 is 0 Å². The molecule has 0 amide bonds. The minimum absolute atomic E-state index is 0.187. The van der Waals surface area contributed by atoms with Crippen molar-refractivity contribution in [2.75, 3.05) is 6.54 Å². The van der Waals surface area contributed by atoms with Gasteiger partial charge in [0.05, 0.1) is 5.56 Å². The molecule has 1 aromatic heterocycles. The van der Waals surface area contributed by atoms with Gasteiger partial charge in [0.25, 0.3) is 0 Å². The fraction of sp³-hybridized carbons (Fsp3) is 0.200. The number of nitrogens with one attached hydrogen (secondary N) is 1. The number of hydrogen-bond donors (Lipinski definition) is 2. The predicted molar refractivity (Wildman–Crippen MR) is 75.1 cm³/mol. The molecule has 1 aromatic carbocycles. The third kappa shape index (κ3) is 3.55. The van der Waals surface area contributed by atoms with Crippen LogP contribution >= 0.6 is 0 Å². The maximum Gasteiger partial charge on any atom is 0.335 e. The van der Waals surface area contributed by atoms with Crippen molar-refractivity contribution in [3.05, 3.63) is 53.7 Å². The van der Waals surface area contributed by atoms with Gasteiger partial charge in [0.2, 0.25) is 5.88 Å². The van der Waals surface area contributed by atoms with Gasteiger partial charge < -0.3 is 15.2 Å². The van der Waals surface area contributed by atoms with Gasteiger partial charge in [-0.3, -0.25) is 0 Å². The van der Waals surface area contributed by atoms with Gasteiger partial charge in [0, 0.05) is 18.3 Å². The summed E-state index contributed by atoms with van der Waals surface area (Å²) in [6.45, 7) is 3.52. The molecule has 0 aliphatic carbocycles. The van der Waals surface area contributed by atoms with Crippen molar-refractivity contribution in [1.82, 2.24) is 10.3 Å². The molecular weight excluding hydrogens is 256 g/mol. The molecule has 20 heavy (non-hydrogen) atoms. The minimum atomic E-state index is -0.982. The molecule has 2 aromatic rings. The molecule has 0 saturated heterocycles. The number of aromatic carboxylic acids is 1. The molecule has 0 aliphatic rings. The number of ether oxygens (including phenoxy) is 1. The van der Waals surface area contributed by atoms with E-state index in [0.29, 0.717) is 18.2 Å². The maximum absolute atomic E-state index is 10.9. The van der Waals surface area contributed by atoms with Crippen molar-refractivity contribution in [1.29, 1.82) is 0 Å². The molecule has 5 nitrogen and oxygen atoms in total. The number of rotatable bonds is 6. The molecule has 0 aliphatic heterocycles. The number of carbonyl (C=O) groups is 1. The number of benzene rings is 1. The highest BCUT2D eigenvalue weighted by molar-refractivity contribution is 5.88. The van der Waals surface area contributed by atoms with Crippen LogP contribution in [-0.4, -0.2) is 22.6 Å². The molecule has 0 unspecified atom stereocenters. The molecule has 2 N–H and O–H groups in total. The van der Waals surface area contributed by atoms with Gasteiger partial charge in [-0.25, -0.2) is 9.78 Å². The summed E-state index contributed by atoms with van der Waals surface area (Å²) in [4.78, 5) is 15.1. The SMILES string of the molecule is CCNCc1cccnc1Oc1cccc(C(=O)O)c1. The minimum Gasteiger partial charge on any atom is -0.478 e. The van der Waals surface area contributed by atoms with Crippen molar-refractivity contribution in [2.24, 2.45) is 0 Å². The Bertz CT molecular complexity index is 599. The van der Waals surface area contributed by atoms with Crippen molar-refractivity contribution in [3.63, 3.8) is 0 Å². The van der Waals surface area contributed by atoms with Gasteiger partial charge in [0.1, 0.15) is 5.75 Å². The van der Waals surface area contributed by atoms with E-state index in [4.69, 9.17) is 9.84 Å². The lowest BCUT2D eigenvalue weighted by atomic mass is 10.2. The van der Waals surface area contributed by atoms with Gasteiger partial charge in [-0.1, -0.05) is 19.1 Å². The highest BCUT2D eigenvalue weighted by Crippen LogP contribution is 2.23. The monoisotopic (exact) mass is 272 g/mol. The summed E-state index contributed by atoms with van der Waals surface area (Å²) in [5, 5.41) is 12.2. The molecule has 2 rings (SSSR count). The third-order valence-corrected chi connectivity index (χ3v) is 2.71. The van der Waals surface area contributed by atoms with E-state index in [1.54, 1.807) is 18.3 Å². The number of carboxylic acids is 1. The summed E-state index contributed by atoms with van der Waals surface area (Å²) in [6.07, 6.45) is 1.64. The Morgan fingerprint density at radius 1 is 1.35 bits per heavy atom. The molecule has 1 heterocycles. The van der Waals surface area contributed by atoms with Crippen LogP contribution in [0, 0.1) is 0 Å². The Morgan fingerprint density at radius 3 is 2.95 bits per heavy atom. The van der Waals surface area contributed by atoms with E-state index in [9.17, 15) is 4.79 Å². The molecule has 0 bridgehead atoms. The molecule has 0 atom stereocenters. The lowest BCUT2D eigenvalue weighted by molar-refractivity contribution is 0.0696. The fourth-order valence-corrected chi connectivity index (χ4v) is 1.71. The van der Waals surface area contributed by atoms with Crippen LogP contribution in [0.4, 0.5) is 0 Å². The first-order chi connectivity index (χ1) is 9.70. The Labute approximate surface area is 117 Å². The summed E-state index contributed by atoms with van der Waals surface area (Å²) in [6, 6.07) is 10.1. The van der Waals surface area contributed by atoms with Crippen molar-refractivity contribution in [2.45, 2.75) is 13.5 Å². The molecule has 0 fully saturated rings. The maximum atomic E-state index is 10.9. The van der Waals surface area contributed by atoms with Crippen molar-refractivity contribution >= 4 is 5.97 Å². The summed E-state index contributed by atoms with van der Waals surface area (Å²) in [7, 11) is 0. The summed E-state index contributed by atoms with van der Waals surface area (Å²) in [5.41, 5.74) is 1.11. The molecular formula is C15H16N2O3. The Kier molecular flexibility index (Phi) is 4.68. The average Bonchev–Trinajstić information content (AvgIpc) is 2.46. The predicted octanol–water partition coefficient (Wildman–Crippen LogP) is 2.68. The average molecular weight is 272 g/mol. The van der Waals surface area contributed by atoms with Crippen LogP contribution in [0.2, 0.25) is 0 Å². The van der Waals surface area contributed by atoms with Crippen molar-refractivity contribution in [3.8, 4) is 11.6 Å². The zero-order chi connectivity index (χ0) is 14.4. The van der Waals surface area contributed by atoms with Gasteiger partial charge in [0.15, 0.2) is 0 Å². The van der Waals surface area contributed by atoms with Crippen LogP contribution in [0.25, 0.3) is 0 Å². The highest BCUT2D eigenvalue weighted by atomic mass is 16.5. The van der Waals surface area contributed by atoms with Crippen LogP contribution in [-0.2, 0) is 6.54 Å². The van der Waals surface area contributed by atoms with Gasteiger partial charge in [-0.15, -0.1) is 0 Å². The van der Waals surface area contributed by atoms with Gasteiger partial charge in [-0.2, -0.15) is 0 Å². The normalized spacial score (nSPS) is 10.2. The number of carboxylic acid groups (broad SMARTS) is 1. The number of pyridine rings is 1. The topological polar surface area (TPSA) is 71.5 Å². The number of hydrogen-bond acceptors (Lipinski definition) is 4. The lowest BCUT2D eigenvalue weighted by Gasteiger charge is -2.10. The number of nitrogens with zero attached hydrogens (tertiary/aromatic N) is 1. The molecule has 0 spiro atoms. The Balaban J connectivity index is 2.21. The van der Waals surface area contributed by atoms with Crippen LogP contribution in [0.1, 0.15) is 22.8 Å². The zero-order valence-corrected chi connectivity index (χ0v) is 11.2. The molecule has 0 saturated carbocycles.